The Morgan fingerprint density at radius 1 is 0.889 bits per heavy atom. The van der Waals surface area contributed by atoms with E-state index in [2.05, 4.69) is 30.3 Å². The van der Waals surface area contributed by atoms with Crippen molar-refractivity contribution < 1.29 is 64.9 Å². The Morgan fingerprint density at radius 3 is 2.24 bits per heavy atom. The third-order valence-corrected chi connectivity index (χ3v) is 9.39. The summed E-state index contributed by atoms with van der Waals surface area (Å²) in [5.41, 5.74) is 0. The summed E-state index contributed by atoms with van der Waals surface area (Å²) in [6.07, 6.45) is -12.3. The minimum absolute atomic E-state index is 0.0615. The van der Waals surface area contributed by atoms with Gasteiger partial charge in [0.1, 0.15) is 36.6 Å². The normalized spacial score (nSPS) is 46.1. The zero-order valence-electron chi connectivity index (χ0n) is 22.2. The number of ether oxygens (including phenoxy) is 2. The molecule has 0 saturated carbocycles. The fourth-order valence-electron chi connectivity index (χ4n) is 5.41. The van der Waals surface area contributed by atoms with Gasteiger partial charge in [0.15, 0.2) is 42.7 Å². The third-order valence-electron chi connectivity index (χ3n) is 7.42. The van der Waals surface area contributed by atoms with Crippen LogP contribution in [0.1, 0.15) is 0 Å². The van der Waals surface area contributed by atoms with Crippen molar-refractivity contribution in [3.05, 3.63) is 0 Å². The number of fused-ring (bicyclic) bond motifs is 5. The van der Waals surface area contributed by atoms with Gasteiger partial charge in [0.05, 0.1) is 25.9 Å². The molecule has 3 saturated heterocycles. The number of phosphoric acid groups is 2. The van der Waals surface area contributed by atoms with Gasteiger partial charge < -0.3 is 19.3 Å². The fourth-order valence-corrected chi connectivity index (χ4v) is 7.29. The van der Waals surface area contributed by atoms with E-state index in [0.717, 1.165) is 28.8 Å². The van der Waals surface area contributed by atoms with Crippen molar-refractivity contribution in [2.75, 3.05) is 13.2 Å². The SMILES string of the molecule is N=C1N=C2C(N=CN2[C@@H]2O[C@@H]3COP(=O)(O)O[C@H]4[C@H](F)[C@H](N5C=NC6C(=O)N=CN=C65)O[C@@H]4COP(=O)(O)O[C@@H]2[C@@H]3F)C(=O)N1. The predicted molar refractivity (Wildman–Crippen MR) is 141 cm³/mol. The van der Waals surface area contributed by atoms with E-state index in [1.54, 1.807) is 0 Å². The second-order valence-electron chi connectivity index (χ2n) is 10.2. The lowest BCUT2D eigenvalue weighted by atomic mass is 10.1. The monoisotopic (exact) mass is 679 g/mol. The number of carbonyl (C=O) groups is 2. The van der Waals surface area contributed by atoms with Crippen molar-refractivity contribution in [1.82, 2.24) is 15.1 Å². The largest absolute Gasteiger partial charge is 0.472 e. The number of phosphoric ester groups is 2. The molecule has 45 heavy (non-hydrogen) atoms. The first-order chi connectivity index (χ1) is 21.3. The van der Waals surface area contributed by atoms with E-state index < -0.39 is 108 Å². The molecule has 4 unspecified atom stereocenters. The molecule has 4 N–H and O–H groups in total. The van der Waals surface area contributed by atoms with Gasteiger partial charge in [0.2, 0.25) is 5.96 Å². The van der Waals surface area contributed by atoms with Gasteiger partial charge in [0.25, 0.3) is 11.8 Å². The maximum atomic E-state index is 15.8. The molecule has 7 rings (SSSR count). The van der Waals surface area contributed by atoms with Crippen molar-refractivity contribution in [1.29, 1.82) is 5.41 Å². The molecule has 0 aromatic rings. The van der Waals surface area contributed by atoms with Crippen molar-refractivity contribution in [3.63, 3.8) is 0 Å². The average molecular weight is 679 g/mol. The van der Waals surface area contributed by atoms with E-state index >= 15 is 8.78 Å². The maximum absolute atomic E-state index is 15.8. The number of carbonyl (C=O) groups excluding carboxylic acids is 2. The maximum Gasteiger partial charge on any atom is 0.472 e. The summed E-state index contributed by atoms with van der Waals surface area (Å²) in [5.74, 6) is -2.22. The number of hydrogen-bond donors (Lipinski definition) is 4. The molecule has 2 bridgehead atoms. The lowest BCUT2D eigenvalue weighted by Gasteiger charge is -2.30. The lowest BCUT2D eigenvalue weighted by molar-refractivity contribution is -0.120. The van der Waals surface area contributed by atoms with Gasteiger partial charge in [-0.3, -0.25) is 58.2 Å². The number of amides is 2. The number of guanidine groups is 1. The van der Waals surface area contributed by atoms with Crippen LogP contribution >= 0.6 is 15.6 Å². The van der Waals surface area contributed by atoms with Crippen molar-refractivity contribution in [2.45, 2.75) is 61.3 Å². The minimum atomic E-state index is -5.26. The molecule has 7 aliphatic rings. The van der Waals surface area contributed by atoms with Crippen LogP contribution in [0.15, 0.2) is 25.0 Å². The summed E-state index contributed by atoms with van der Waals surface area (Å²) >= 11 is 0. The fraction of sp³-hybridized carbons (Fsp3) is 0.600. The highest BCUT2D eigenvalue weighted by Crippen LogP contribution is 2.53. The Morgan fingerprint density at radius 2 is 1.51 bits per heavy atom. The molecule has 25 heteroatoms. The quantitative estimate of drug-likeness (QED) is 0.230. The van der Waals surface area contributed by atoms with Crippen LogP contribution in [0.2, 0.25) is 0 Å². The molecule has 7 heterocycles. The van der Waals surface area contributed by atoms with Crippen LogP contribution in [0.5, 0.6) is 0 Å². The summed E-state index contributed by atoms with van der Waals surface area (Å²) in [5, 5.41) is 9.85. The Bertz CT molecular complexity index is 1600. The minimum Gasteiger partial charge on any atom is -0.346 e. The molecule has 12 atom stereocenters. The first-order valence-corrected chi connectivity index (χ1v) is 16.0. The Kier molecular flexibility index (Phi) is 7.39. The lowest BCUT2D eigenvalue weighted by Crippen LogP contribution is -2.53. The molecule has 0 spiro atoms. The van der Waals surface area contributed by atoms with Crippen molar-refractivity contribution in [3.8, 4) is 0 Å². The van der Waals surface area contributed by atoms with Crippen LogP contribution in [-0.2, 0) is 46.3 Å². The summed E-state index contributed by atoms with van der Waals surface area (Å²) in [6, 6.07) is -2.42. The zero-order valence-corrected chi connectivity index (χ0v) is 24.0. The van der Waals surface area contributed by atoms with E-state index in [9.17, 15) is 28.5 Å². The predicted octanol–water partition coefficient (Wildman–Crippen LogP) is -2.01. The van der Waals surface area contributed by atoms with Gasteiger partial charge in [-0.2, -0.15) is 9.98 Å². The molecular formula is C20H21F2N9O12P2. The molecule has 7 aliphatic heterocycles. The number of amidine groups is 2. The van der Waals surface area contributed by atoms with Gasteiger partial charge in [0, 0.05) is 0 Å². The molecular weight excluding hydrogens is 658 g/mol. The second kappa shape index (κ2) is 10.9. The number of aliphatic imine (C=N–C) groups is 5. The van der Waals surface area contributed by atoms with Crippen LogP contribution in [0.25, 0.3) is 0 Å². The van der Waals surface area contributed by atoms with E-state index in [0.29, 0.717) is 0 Å². The van der Waals surface area contributed by atoms with Crippen LogP contribution in [0.4, 0.5) is 8.78 Å². The Balaban J connectivity index is 1.15. The number of nitrogens with zero attached hydrogens (tertiary/aromatic N) is 7. The summed E-state index contributed by atoms with van der Waals surface area (Å²) in [6.45, 7) is -2.00. The molecule has 0 aromatic heterocycles. The van der Waals surface area contributed by atoms with Crippen molar-refractivity contribution in [2.24, 2.45) is 25.0 Å². The van der Waals surface area contributed by atoms with Crippen molar-refractivity contribution >= 4 is 64.1 Å². The van der Waals surface area contributed by atoms with Gasteiger partial charge in [-0.25, -0.2) is 22.9 Å². The number of rotatable bonds is 2. The molecule has 0 aliphatic carbocycles. The average Bonchev–Trinajstić information content (AvgIpc) is 3.72. The molecule has 0 aromatic carbocycles. The van der Waals surface area contributed by atoms with Crippen LogP contribution in [-0.4, -0.2) is 143 Å². The molecule has 21 nitrogen and oxygen atoms in total. The summed E-state index contributed by atoms with van der Waals surface area (Å²) < 4.78 is 88.9. The number of nitrogens with one attached hydrogen (secondary N) is 2. The highest BCUT2D eigenvalue weighted by molar-refractivity contribution is 7.47. The standard InChI is InChI=1S/C20H21F2N9O12P2/c21-8-6-1-38-44(34,35)42-12-7(41-18(9(12)22)30-4-26-10-14(30)24-3-25-16(10)32)2-39-45(36,37)43-13(8)19(40-6)31-5-27-11-15(31)28-20(23)29-17(11)33/h3-13,18-19H,1-2H2,(H,34,35)(H,36,37)(H2,23,29,33)/t6-,7-,8-,9+,10?,11?,12-,13-,18-,19-/m1/s1. The first kappa shape index (κ1) is 30.4. The second-order valence-corrected chi connectivity index (χ2v) is 13.0. The van der Waals surface area contributed by atoms with E-state index in [1.807, 2.05) is 0 Å². The third kappa shape index (κ3) is 5.37. The highest BCUT2D eigenvalue weighted by atomic mass is 31.2. The van der Waals surface area contributed by atoms with Gasteiger partial charge >= 0.3 is 15.6 Å². The van der Waals surface area contributed by atoms with Gasteiger partial charge in [-0.15, -0.1) is 0 Å². The summed E-state index contributed by atoms with van der Waals surface area (Å²) in [4.78, 5) is 66.5. The molecule has 2 amide bonds. The first-order valence-electron chi connectivity index (χ1n) is 13.0. The van der Waals surface area contributed by atoms with E-state index in [-0.39, 0.29) is 11.7 Å². The van der Waals surface area contributed by atoms with E-state index in [4.69, 9.17) is 33.0 Å². The molecule has 3 fully saturated rings. The van der Waals surface area contributed by atoms with Gasteiger partial charge in [-0.1, -0.05) is 0 Å². The number of halogens is 2. The number of alkyl halides is 2. The molecule has 0 radical (unpaired) electrons. The zero-order chi connectivity index (χ0) is 31.8. The highest BCUT2D eigenvalue weighted by Gasteiger charge is 2.58. The van der Waals surface area contributed by atoms with Gasteiger partial charge in [-0.05, 0) is 0 Å². The van der Waals surface area contributed by atoms with Crippen LogP contribution in [0, 0.1) is 5.41 Å². The molecule has 242 valence electrons. The number of hydrogen-bond acceptors (Lipinski definition) is 16. The smallest absolute Gasteiger partial charge is 0.346 e. The Hall–Kier alpha value is -3.24. The summed E-state index contributed by atoms with van der Waals surface area (Å²) in [7, 11) is -10.5. The van der Waals surface area contributed by atoms with Crippen LogP contribution in [0.3, 0.4) is 0 Å². The topological polar surface area (TPSA) is 268 Å². The van der Waals surface area contributed by atoms with Crippen LogP contribution < -0.4 is 5.32 Å². The Labute approximate surface area is 249 Å². The van der Waals surface area contributed by atoms with E-state index in [1.165, 1.54) is 0 Å².